The quantitative estimate of drug-likeness (QED) is 0.751. The molecule has 4 heteroatoms. The van der Waals surface area contributed by atoms with Crippen LogP contribution in [0.3, 0.4) is 0 Å². The molecule has 0 amide bonds. The monoisotopic (exact) mass is 221 g/mol. The molecule has 0 unspecified atom stereocenters. The summed E-state index contributed by atoms with van der Waals surface area (Å²) in [6, 6.07) is 0.423. The van der Waals surface area contributed by atoms with Crippen LogP contribution in [-0.4, -0.2) is 16.3 Å². The molecule has 2 heterocycles. The Morgan fingerprint density at radius 1 is 1.19 bits per heavy atom. The predicted molar refractivity (Wildman–Crippen MR) is 62.6 cm³/mol. The molecule has 0 bridgehead atoms. The molecule has 0 saturated heterocycles. The zero-order chi connectivity index (χ0) is 11.0. The number of aromatic nitrogens is 2. The Labute approximate surface area is 95.0 Å². The van der Waals surface area contributed by atoms with E-state index in [1.165, 1.54) is 19.3 Å². The second-order valence-corrected chi connectivity index (χ2v) is 4.96. The molecule has 0 atom stereocenters. The SMILES string of the molecule is O=c1c2c([nH]n1C1CCCCC1)CNCC2. The standard InChI is InChI=1S/C12H19N3O/c16-12-10-6-7-13-8-11(10)14-15(12)9-4-2-1-3-5-9/h9,13-14H,1-8H2. The lowest BCUT2D eigenvalue weighted by atomic mass is 9.96. The van der Waals surface area contributed by atoms with Crippen molar-refractivity contribution in [2.45, 2.75) is 51.1 Å². The molecule has 1 aliphatic carbocycles. The van der Waals surface area contributed by atoms with Gasteiger partial charge in [0.05, 0.1) is 11.7 Å². The first-order valence-electron chi connectivity index (χ1n) is 6.39. The highest BCUT2D eigenvalue weighted by Crippen LogP contribution is 2.27. The second-order valence-electron chi connectivity index (χ2n) is 4.96. The Balaban J connectivity index is 1.94. The number of rotatable bonds is 1. The molecule has 2 aliphatic rings. The number of nitrogens with one attached hydrogen (secondary N) is 2. The minimum atomic E-state index is 0.239. The van der Waals surface area contributed by atoms with E-state index in [4.69, 9.17) is 0 Å². The van der Waals surface area contributed by atoms with Crippen molar-refractivity contribution < 1.29 is 0 Å². The number of hydrogen-bond acceptors (Lipinski definition) is 2. The van der Waals surface area contributed by atoms with Crippen LogP contribution in [0.4, 0.5) is 0 Å². The maximum Gasteiger partial charge on any atom is 0.270 e. The Morgan fingerprint density at radius 3 is 2.75 bits per heavy atom. The second kappa shape index (κ2) is 4.09. The van der Waals surface area contributed by atoms with Gasteiger partial charge in [-0.25, -0.2) is 4.68 Å². The van der Waals surface area contributed by atoms with Gasteiger partial charge in [0.15, 0.2) is 0 Å². The molecule has 1 fully saturated rings. The highest BCUT2D eigenvalue weighted by Gasteiger charge is 2.22. The van der Waals surface area contributed by atoms with Crippen LogP contribution in [0.2, 0.25) is 0 Å². The maximum atomic E-state index is 12.2. The van der Waals surface area contributed by atoms with Crippen LogP contribution in [-0.2, 0) is 13.0 Å². The Kier molecular flexibility index (Phi) is 2.59. The summed E-state index contributed by atoms with van der Waals surface area (Å²) in [6.07, 6.45) is 7.05. The molecule has 16 heavy (non-hydrogen) atoms. The van der Waals surface area contributed by atoms with Gasteiger partial charge in [-0.15, -0.1) is 0 Å². The van der Waals surface area contributed by atoms with Crippen LogP contribution in [0.25, 0.3) is 0 Å². The first kappa shape index (κ1) is 10.1. The average Bonchev–Trinajstić information content (AvgIpc) is 2.69. The van der Waals surface area contributed by atoms with Crippen LogP contribution in [0.5, 0.6) is 0 Å². The van der Waals surface area contributed by atoms with E-state index in [1.54, 1.807) is 0 Å². The van der Waals surface area contributed by atoms with Gasteiger partial charge < -0.3 is 5.32 Å². The van der Waals surface area contributed by atoms with Crippen LogP contribution < -0.4 is 10.9 Å². The van der Waals surface area contributed by atoms with E-state index in [1.807, 2.05) is 4.68 Å². The largest absolute Gasteiger partial charge is 0.311 e. The highest BCUT2D eigenvalue weighted by molar-refractivity contribution is 5.20. The fraction of sp³-hybridized carbons (Fsp3) is 0.750. The molecule has 4 nitrogen and oxygen atoms in total. The van der Waals surface area contributed by atoms with Gasteiger partial charge in [0.25, 0.3) is 5.56 Å². The average molecular weight is 221 g/mol. The Hall–Kier alpha value is -1.03. The molecule has 3 rings (SSSR count). The minimum absolute atomic E-state index is 0.239. The molecular formula is C12H19N3O. The van der Waals surface area contributed by atoms with Gasteiger partial charge >= 0.3 is 0 Å². The van der Waals surface area contributed by atoms with Crippen molar-refractivity contribution in [3.63, 3.8) is 0 Å². The molecule has 0 spiro atoms. The van der Waals surface area contributed by atoms with Gasteiger partial charge in [-0.05, 0) is 25.8 Å². The van der Waals surface area contributed by atoms with Gasteiger partial charge in [0.2, 0.25) is 0 Å². The molecule has 0 aromatic carbocycles. The van der Waals surface area contributed by atoms with E-state index < -0.39 is 0 Å². The lowest BCUT2D eigenvalue weighted by Crippen LogP contribution is -2.28. The van der Waals surface area contributed by atoms with Crippen molar-refractivity contribution in [2.24, 2.45) is 0 Å². The molecule has 1 aromatic rings. The molecular weight excluding hydrogens is 202 g/mol. The van der Waals surface area contributed by atoms with E-state index in [2.05, 4.69) is 10.4 Å². The lowest BCUT2D eigenvalue weighted by Gasteiger charge is -2.21. The van der Waals surface area contributed by atoms with E-state index in [0.29, 0.717) is 6.04 Å². The molecule has 1 aromatic heterocycles. The third kappa shape index (κ3) is 1.61. The first-order valence-corrected chi connectivity index (χ1v) is 6.39. The highest BCUT2D eigenvalue weighted by atomic mass is 16.1. The number of nitrogens with zero attached hydrogens (tertiary/aromatic N) is 1. The summed E-state index contributed by atoms with van der Waals surface area (Å²) in [4.78, 5) is 12.2. The van der Waals surface area contributed by atoms with Gasteiger partial charge in [0.1, 0.15) is 0 Å². The Morgan fingerprint density at radius 2 is 2.00 bits per heavy atom. The van der Waals surface area contributed by atoms with Gasteiger partial charge in [-0.1, -0.05) is 19.3 Å². The third-order valence-electron chi connectivity index (χ3n) is 3.89. The van der Waals surface area contributed by atoms with Crippen molar-refractivity contribution in [1.82, 2.24) is 15.1 Å². The van der Waals surface area contributed by atoms with E-state index in [-0.39, 0.29) is 5.56 Å². The van der Waals surface area contributed by atoms with Crippen molar-refractivity contribution in [3.8, 4) is 0 Å². The number of aromatic amines is 1. The van der Waals surface area contributed by atoms with E-state index in [0.717, 1.165) is 43.6 Å². The van der Waals surface area contributed by atoms with Crippen molar-refractivity contribution in [2.75, 3.05) is 6.54 Å². The number of H-pyrrole nitrogens is 1. The normalized spacial score (nSPS) is 22.0. The van der Waals surface area contributed by atoms with Crippen LogP contribution in [0, 0.1) is 0 Å². The van der Waals surface area contributed by atoms with Crippen molar-refractivity contribution >= 4 is 0 Å². The van der Waals surface area contributed by atoms with Crippen LogP contribution in [0.1, 0.15) is 49.4 Å². The lowest BCUT2D eigenvalue weighted by molar-refractivity contribution is 0.322. The summed E-state index contributed by atoms with van der Waals surface area (Å²) in [5, 5.41) is 6.61. The van der Waals surface area contributed by atoms with Gasteiger partial charge in [0, 0.05) is 12.1 Å². The maximum absolute atomic E-state index is 12.2. The van der Waals surface area contributed by atoms with Crippen LogP contribution >= 0.6 is 0 Å². The zero-order valence-corrected chi connectivity index (χ0v) is 9.59. The molecule has 2 N–H and O–H groups in total. The molecule has 1 aliphatic heterocycles. The fourth-order valence-electron chi connectivity index (χ4n) is 2.97. The minimum Gasteiger partial charge on any atom is -0.311 e. The molecule has 1 saturated carbocycles. The van der Waals surface area contributed by atoms with E-state index in [9.17, 15) is 4.79 Å². The number of hydrogen-bond donors (Lipinski definition) is 2. The molecule has 0 radical (unpaired) electrons. The van der Waals surface area contributed by atoms with Gasteiger partial charge in [-0.3, -0.25) is 9.89 Å². The first-order chi connectivity index (χ1) is 7.86. The summed E-state index contributed by atoms with van der Waals surface area (Å²) in [7, 11) is 0. The van der Waals surface area contributed by atoms with Gasteiger partial charge in [-0.2, -0.15) is 0 Å². The number of fused-ring (bicyclic) bond motifs is 1. The van der Waals surface area contributed by atoms with Crippen molar-refractivity contribution in [1.29, 1.82) is 0 Å². The smallest absolute Gasteiger partial charge is 0.270 e. The van der Waals surface area contributed by atoms with Crippen molar-refractivity contribution in [3.05, 3.63) is 21.6 Å². The zero-order valence-electron chi connectivity index (χ0n) is 9.59. The summed E-state index contributed by atoms with van der Waals surface area (Å²) in [5.41, 5.74) is 2.37. The summed E-state index contributed by atoms with van der Waals surface area (Å²) in [5.74, 6) is 0. The summed E-state index contributed by atoms with van der Waals surface area (Å²) < 4.78 is 1.90. The van der Waals surface area contributed by atoms with E-state index >= 15 is 0 Å². The third-order valence-corrected chi connectivity index (χ3v) is 3.89. The topological polar surface area (TPSA) is 49.8 Å². The van der Waals surface area contributed by atoms with Crippen LogP contribution in [0.15, 0.2) is 4.79 Å². The summed E-state index contributed by atoms with van der Waals surface area (Å²) >= 11 is 0. The predicted octanol–water partition coefficient (Wildman–Crippen LogP) is 1.33. The fourth-order valence-corrected chi connectivity index (χ4v) is 2.97. The summed E-state index contributed by atoms with van der Waals surface area (Å²) in [6.45, 7) is 1.76. The Bertz CT molecular complexity index is 426. The molecule has 88 valence electrons.